The second-order valence-corrected chi connectivity index (χ2v) is 15.0. The number of phosphoric ester groups is 1. The van der Waals surface area contributed by atoms with Crippen molar-refractivity contribution in [3.05, 3.63) is 0 Å². The van der Waals surface area contributed by atoms with Crippen LogP contribution in [-0.2, 0) is 13.6 Å². The molecule has 1 saturated carbocycles. The molecular weight excluding hydrogens is 501 g/mol. The third-order valence-electron chi connectivity index (χ3n) is 7.76. The molecule has 2 atom stereocenters. The lowest BCUT2D eigenvalue weighted by Gasteiger charge is -2.26. The molecule has 0 aromatic heterocycles. The number of likely N-dealkylation sites (N-methyl/N-ethyl adjacent to an activating group) is 1. The predicted molar refractivity (Wildman–Crippen MR) is 162 cm³/mol. The zero-order valence-corrected chi connectivity index (χ0v) is 26.8. The van der Waals surface area contributed by atoms with Gasteiger partial charge >= 0.3 is 7.82 Å². The van der Waals surface area contributed by atoms with Crippen molar-refractivity contribution in [2.45, 2.75) is 129 Å². The Labute approximate surface area is 235 Å². The Morgan fingerprint density at radius 3 is 1.78 bits per heavy atom. The molecule has 0 heterocycles. The summed E-state index contributed by atoms with van der Waals surface area (Å²) in [5.41, 5.74) is 0. The van der Waals surface area contributed by atoms with Crippen molar-refractivity contribution in [3.8, 4) is 0 Å². The summed E-state index contributed by atoms with van der Waals surface area (Å²) in [4.78, 5) is 10.1. The SMILES string of the molecule is CCCCCCCCCCCCCCCCCSCC(COP(=O)(O)OCC[N+](C)(C)C)C1CCCC1. The summed E-state index contributed by atoms with van der Waals surface area (Å²) >= 11 is 2.01. The quantitative estimate of drug-likeness (QED) is 0.0644. The van der Waals surface area contributed by atoms with Crippen molar-refractivity contribution in [1.82, 2.24) is 0 Å². The minimum atomic E-state index is -3.97. The maximum absolute atomic E-state index is 12.3. The lowest BCUT2D eigenvalue weighted by Crippen LogP contribution is -2.37. The molecule has 1 aliphatic rings. The monoisotopic (exact) mass is 564 g/mol. The van der Waals surface area contributed by atoms with Crippen LogP contribution in [0.2, 0.25) is 0 Å². The van der Waals surface area contributed by atoms with Gasteiger partial charge in [0.05, 0.1) is 27.7 Å². The number of rotatable bonds is 26. The van der Waals surface area contributed by atoms with Crippen LogP contribution in [0.15, 0.2) is 0 Å². The Morgan fingerprint density at radius 1 is 0.811 bits per heavy atom. The van der Waals surface area contributed by atoms with E-state index in [0.29, 0.717) is 29.5 Å². The molecular formula is C30H63NO4PS+. The number of nitrogens with zero attached hydrogens (tertiary/aromatic N) is 1. The highest BCUT2D eigenvalue weighted by molar-refractivity contribution is 7.99. The summed E-state index contributed by atoms with van der Waals surface area (Å²) in [6.07, 6.45) is 26.0. The van der Waals surface area contributed by atoms with E-state index in [1.54, 1.807) is 0 Å². The van der Waals surface area contributed by atoms with Gasteiger partial charge in [-0.1, -0.05) is 122 Å². The van der Waals surface area contributed by atoms with Crippen molar-refractivity contribution >= 4 is 19.6 Å². The molecule has 2 unspecified atom stereocenters. The van der Waals surface area contributed by atoms with Gasteiger partial charge < -0.3 is 9.38 Å². The first-order valence-corrected chi connectivity index (χ1v) is 18.4. The molecule has 222 valence electrons. The highest BCUT2D eigenvalue weighted by Crippen LogP contribution is 2.45. The van der Waals surface area contributed by atoms with Crippen LogP contribution in [-0.4, -0.2) is 61.8 Å². The van der Waals surface area contributed by atoms with Crippen molar-refractivity contribution in [2.24, 2.45) is 11.8 Å². The van der Waals surface area contributed by atoms with Gasteiger partial charge in [-0.05, 0) is 29.8 Å². The molecule has 0 spiro atoms. The normalized spacial score (nSPS) is 17.3. The van der Waals surface area contributed by atoms with Crippen molar-refractivity contribution in [1.29, 1.82) is 0 Å². The fraction of sp³-hybridized carbons (Fsp3) is 1.00. The van der Waals surface area contributed by atoms with E-state index < -0.39 is 7.82 Å². The van der Waals surface area contributed by atoms with Gasteiger partial charge in [-0.3, -0.25) is 9.05 Å². The van der Waals surface area contributed by atoms with Crippen molar-refractivity contribution in [3.63, 3.8) is 0 Å². The molecule has 1 N–H and O–H groups in total. The van der Waals surface area contributed by atoms with Gasteiger partial charge in [0.15, 0.2) is 0 Å². The molecule has 0 aliphatic heterocycles. The van der Waals surface area contributed by atoms with Gasteiger partial charge in [-0.2, -0.15) is 11.8 Å². The number of quaternary nitrogens is 1. The second-order valence-electron chi connectivity index (χ2n) is 12.4. The zero-order valence-electron chi connectivity index (χ0n) is 25.1. The third-order valence-corrected chi connectivity index (χ3v) is 9.98. The fourth-order valence-electron chi connectivity index (χ4n) is 5.22. The molecule has 7 heteroatoms. The molecule has 0 saturated heterocycles. The third kappa shape index (κ3) is 21.9. The van der Waals surface area contributed by atoms with Gasteiger partial charge in [0, 0.05) is 0 Å². The molecule has 1 rings (SSSR count). The van der Waals surface area contributed by atoms with Crippen LogP contribution in [0.3, 0.4) is 0 Å². The van der Waals surface area contributed by atoms with Crippen LogP contribution in [0.4, 0.5) is 0 Å². The van der Waals surface area contributed by atoms with E-state index in [0.717, 1.165) is 5.75 Å². The largest absolute Gasteiger partial charge is 0.472 e. The van der Waals surface area contributed by atoms with Gasteiger partial charge in [0.2, 0.25) is 0 Å². The first-order valence-electron chi connectivity index (χ1n) is 15.7. The number of hydrogen-bond donors (Lipinski definition) is 1. The zero-order chi connectivity index (χ0) is 27.2. The number of thioether (sulfide) groups is 1. The minimum absolute atomic E-state index is 0.235. The lowest BCUT2D eigenvalue weighted by atomic mass is 9.93. The first-order chi connectivity index (χ1) is 17.7. The minimum Gasteiger partial charge on any atom is -0.329 e. The summed E-state index contributed by atoms with van der Waals surface area (Å²) in [6.45, 7) is 3.54. The van der Waals surface area contributed by atoms with E-state index >= 15 is 0 Å². The lowest BCUT2D eigenvalue weighted by molar-refractivity contribution is -0.870. The second kappa shape index (κ2) is 22.1. The first kappa shape index (κ1) is 35.4. The van der Waals surface area contributed by atoms with E-state index in [9.17, 15) is 9.46 Å². The molecule has 5 nitrogen and oxygen atoms in total. The average Bonchev–Trinajstić information content (AvgIpc) is 3.36. The molecule has 0 aromatic carbocycles. The molecule has 37 heavy (non-hydrogen) atoms. The topological polar surface area (TPSA) is 55.8 Å². The highest BCUT2D eigenvalue weighted by atomic mass is 32.2. The van der Waals surface area contributed by atoms with Crippen LogP contribution >= 0.6 is 19.6 Å². The van der Waals surface area contributed by atoms with E-state index in [1.807, 2.05) is 32.9 Å². The number of hydrogen-bond acceptors (Lipinski definition) is 4. The molecule has 0 radical (unpaired) electrons. The van der Waals surface area contributed by atoms with Gasteiger partial charge in [0.25, 0.3) is 0 Å². The Hall–Kier alpha value is 0.420. The van der Waals surface area contributed by atoms with Crippen LogP contribution in [0.25, 0.3) is 0 Å². The Bertz CT molecular complexity index is 566. The molecule has 1 aliphatic carbocycles. The van der Waals surface area contributed by atoms with E-state index in [2.05, 4.69) is 6.92 Å². The summed E-state index contributed by atoms with van der Waals surface area (Å²) in [5, 5.41) is 0. The average molecular weight is 565 g/mol. The maximum atomic E-state index is 12.3. The highest BCUT2D eigenvalue weighted by Gasteiger charge is 2.29. The summed E-state index contributed by atoms with van der Waals surface area (Å²) in [6, 6.07) is 0. The molecule has 0 bridgehead atoms. The fourth-order valence-corrected chi connectivity index (χ4v) is 7.23. The van der Waals surface area contributed by atoms with Crippen molar-refractivity contribution < 1.29 is 23.0 Å². The van der Waals surface area contributed by atoms with Crippen LogP contribution < -0.4 is 0 Å². The van der Waals surface area contributed by atoms with E-state index in [1.165, 1.54) is 128 Å². The summed E-state index contributed by atoms with van der Waals surface area (Å²) in [5.74, 6) is 3.20. The number of unbranched alkanes of at least 4 members (excludes halogenated alkanes) is 14. The molecule has 0 amide bonds. The Balaban J connectivity index is 2.04. The molecule has 1 fully saturated rings. The van der Waals surface area contributed by atoms with Crippen LogP contribution in [0.1, 0.15) is 129 Å². The maximum Gasteiger partial charge on any atom is 0.472 e. The standard InChI is InChI=1S/C30H62NO4PS/c1-5-6-7-8-9-10-11-12-13-14-15-16-17-18-21-26-37-28-30(29-22-19-20-23-29)27-35-36(32,33)34-25-24-31(2,3)4/h29-30H,5-28H2,1-4H3/p+1. The van der Waals surface area contributed by atoms with Crippen molar-refractivity contribution in [2.75, 3.05) is 52.4 Å². The smallest absolute Gasteiger partial charge is 0.329 e. The van der Waals surface area contributed by atoms with Crippen LogP contribution in [0.5, 0.6) is 0 Å². The van der Waals surface area contributed by atoms with Gasteiger partial charge in [-0.15, -0.1) is 0 Å². The van der Waals surface area contributed by atoms with E-state index in [4.69, 9.17) is 9.05 Å². The van der Waals surface area contributed by atoms with Gasteiger partial charge in [-0.25, -0.2) is 4.57 Å². The predicted octanol–water partition coefficient (Wildman–Crippen LogP) is 9.24. The Kier molecular flexibility index (Phi) is 21.2. The van der Waals surface area contributed by atoms with Gasteiger partial charge in [0.1, 0.15) is 13.2 Å². The molecule has 0 aromatic rings. The summed E-state index contributed by atoms with van der Waals surface area (Å²) in [7, 11) is 2.15. The van der Waals surface area contributed by atoms with E-state index in [-0.39, 0.29) is 6.61 Å². The van der Waals surface area contributed by atoms with Crippen LogP contribution in [0, 0.1) is 11.8 Å². The summed E-state index contributed by atoms with van der Waals surface area (Å²) < 4.78 is 23.7. The number of phosphoric acid groups is 1. The Morgan fingerprint density at radius 2 is 1.30 bits per heavy atom.